The quantitative estimate of drug-likeness (QED) is 0.0262. The van der Waals surface area contributed by atoms with E-state index in [1.165, 1.54) is 231 Å². The lowest BCUT2D eigenvalue weighted by atomic mass is 10.0. The molecule has 2 unspecified atom stereocenters. The predicted molar refractivity (Wildman–Crippen MR) is 319 cm³/mol. The monoisotopic (exact) mass is 1020 g/mol. The summed E-state index contributed by atoms with van der Waals surface area (Å²) < 4.78 is 25.1. The molecule has 1 fully saturated rings. The van der Waals surface area contributed by atoms with Crippen LogP contribution < -0.4 is 0 Å². The molecule has 1 aliphatic heterocycles. The van der Waals surface area contributed by atoms with Gasteiger partial charge in [-0.2, -0.15) is 0 Å². The second kappa shape index (κ2) is 58.0. The number of piperidine rings is 1. The molecule has 0 saturated carbocycles. The zero-order chi connectivity index (χ0) is 52.4. The van der Waals surface area contributed by atoms with Gasteiger partial charge in [-0.25, -0.2) is 0 Å². The molecule has 0 amide bonds. The van der Waals surface area contributed by atoms with E-state index in [4.69, 9.17) is 18.9 Å². The second-order valence-electron chi connectivity index (χ2n) is 22.1. The molecule has 0 spiro atoms. The zero-order valence-electron chi connectivity index (χ0n) is 49.4. The maximum atomic E-state index is 13.1. The molecule has 428 valence electrons. The number of nitrogens with zero attached hydrogens (tertiary/aromatic N) is 1. The Morgan fingerprint density at radius 3 is 1.19 bits per heavy atom. The van der Waals surface area contributed by atoms with E-state index < -0.39 is 0 Å². The third-order valence-corrected chi connectivity index (χ3v) is 15.0. The van der Waals surface area contributed by atoms with Crippen LogP contribution in [0, 0.1) is 0 Å². The van der Waals surface area contributed by atoms with Gasteiger partial charge in [-0.3, -0.25) is 4.79 Å². The molecule has 2 atom stereocenters. The molecule has 1 saturated heterocycles. The van der Waals surface area contributed by atoms with Crippen molar-refractivity contribution in [3.8, 4) is 0 Å². The van der Waals surface area contributed by atoms with Crippen molar-refractivity contribution in [2.75, 3.05) is 39.5 Å². The summed E-state index contributed by atoms with van der Waals surface area (Å²) in [5, 5.41) is 0. The lowest BCUT2D eigenvalue weighted by molar-refractivity contribution is -0.150. The van der Waals surface area contributed by atoms with E-state index in [2.05, 4.69) is 81.2 Å². The van der Waals surface area contributed by atoms with Crippen LogP contribution in [0.4, 0.5) is 0 Å². The number of hydrogen-bond acceptors (Lipinski definition) is 6. The molecule has 6 nitrogen and oxygen atoms in total. The van der Waals surface area contributed by atoms with Gasteiger partial charge in [0.05, 0.1) is 25.9 Å². The molecule has 0 aliphatic carbocycles. The highest BCUT2D eigenvalue weighted by Gasteiger charge is 2.16. The Bertz CT molecular complexity index is 1100. The van der Waals surface area contributed by atoms with Crippen LogP contribution in [0.1, 0.15) is 317 Å². The highest BCUT2D eigenvalue weighted by Crippen LogP contribution is 2.21. The summed E-state index contributed by atoms with van der Waals surface area (Å²) in [6.45, 7) is 14.6. The van der Waals surface area contributed by atoms with Crippen molar-refractivity contribution in [3.63, 3.8) is 0 Å². The standard InChI is InChI=1S/C67H125NO5/c1-5-9-13-17-21-24-32-41-52-64(70-61-48-37-29-18-14-10-6-2)53-42-33-25-22-26-34-43-54-65(73-66(69)56-51-60-68-58-46-40-47-59-68)55-44-35-27-23-28-36-45-57-67(71-62-49-38-30-19-15-11-7-3)72-63-50-39-31-20-16-12-8-4/h24,32,37-39,48-50,64-65,67H,5-23,25-31,33-36,40-47,51-63H2,1-4H3/b32-24-,48-37-,49-38-,50-39-. The van der Waals surface area contributed by atoms with E-state index in [-0.39, 0.29) is 18.4 Å². The molecular weight excluding hydrogens is 899 g/mol. The highest BCUT2D eigenvalue weighted by molar-refractivity contribution is 5.69. The third-order valence-electron chi connectivity index (χ3n) is 15.0. The summed E-state index contributed by atoms with van der Waals surface area (Å²) >= 11 is 0. The first-order valence-electron chi connectivity index (χ1n) is 32.5. The van der Waals surface area contributed by atoms with Gasteiger partial charge in [0.2, 0.25) is 0 Å². The normalized spacial score (nSPS) is 14.6. The minimum absolute atomic E-state index is 0.0317. The predicted octanol–water partition coefficient (Wildman–Crippen LogP) is 20.8. The van der Waals surface area contributed by atoms with Gasteiger partial charge < -0.3 is 23.8 Å². The zero-order valence-corrected chi connectivity index (χ0v) is 49.4. The van der Waals surface area contributed by atoms with E-state index >= 15 is 0 Å². The number of unbranched alkanes of at least 4 members (excludes halogenated alkanes) is 28. The summed E-state index contributed by atoms with van der Waals surface area (Å²) in [7, 11) is 0. The topological polar surface area (TPSA) is 57.2 Å². The molecule has 0 aromatic carbocycles. The SMILES string of the molecule is CCCCCC/C=C\CCC(CCCCCCCCCC(CCCCCCCCCC(OC/C=C\CCCCCC)OC/C=C\CCCCCC)OC(=O)CCCN1CCCCC1)OC/C=C\CCCCCC. The molecule has 1 heterocycles. The van der Waals surface area contributed by atoms with Crippen molar-refractivity contribution in [1.29, 1.82) is 0 Å². The number of allylic oxidation sites excluding steroid dienone is 5. The Morgan fingerprint density at radius 1 is 0.370 bits per heavy atom. The molecule has 0 N–H and O–H groups in total. The largest absolute Gasteiger partial charge is 0.462 e. The third kappa shape index (κ3) is 50.8. The van der Waals surface area contributed by atoms with Crippen molar-refractivity contribution < 1.29 is 23.7 Å². The van der Waals surface area contributed by atoms with Gasteiger partial charge in [0.1, 0.15) is 6.10 Å². The highest BCUT2D eigenvalue weighted by atomic mass is 16.7. The molecule has 0 aromatic rings. The maximum absolute atomic E-state index is 13.1. The first-order valence-corrected chi connectivity index (χ1v) is 32.5. The Kier molecular flexibility index (Phi) is 55.0. The fourth-order valence-electron chi connectivity index (χ4n) is 10.2. The van der Waals surface area contributed by atoms with Crippen molar-refractivity contribution in [2.24, 2.45) is 0 Å². The Balaban J connectivity index is 2.47. The van der Waals surface area contributed by atoms with E-state index in [0.717, 1.165) is 77.4 Å². The summed E-state index contributed by atoms with van der Waals surface area (Å²) in [6, 6.07) is 0. The number of rotatable bonds is 57. The van der Waals surface area contributed by atoms with Crippen LogP contribution in [0.15, 0.2) is 48.6 Å². The molecule has 6 heteroatoms. The van der Waals surface area contributed by atoms with Crippen LogP contribution in [-0.4, -0.2) is 68.8 Å². The van der Waals surface area contributed by atoms with Gasteiger partial charge in [-0.1, -0.05) is 230 Å². The maximum Gasteiger partial charge on any atom is 0.306 e. The summed E-state index contributed by atoms with van der Waals surface area (Å²) in [5.74, 6) is 0.0317. The summed E-state index contributed by atoms with van der Waals surface area (Å²) in [6.07, 6.45) is 73.8. The molecule has 0 radical (unpaired) electrons. The average Bonchev–Trinajstić information content (AvgIpc) is 3.40. The van der Waals surface area contributed by atoms with Crippen molar-refractivity contribution >= 4 is 5.97 Å². The molecule has 73 heavy (non-hydrogen) atoms. The van der Waals surface area contributed by atoms with E-state index in [1.54, 1.807) is 0 Å². The Labute approximate surface area is 455 Å². The van der Waals surface area contributed by atoms with Gasteiger partial charge in [-0.05, 0) is 148 Å². The summed E-state index contributed by atoms with van der Waals surface area (Å²) in [4.78, 5) is 15.6. The number of ether oxygens (including phenoxy) is 4. The number of carbonyl (C=O) groups excluding carboxylic acids is 1. The van der Waals surface area contributed by atoms with Gasteiger partial charge >= 0.3 is 5.97 Å². The lowest BCUT2D eigenvalue weighted by Gasteiger charge is -2.26. The number of carbonyl (C=O) groups is 1. The lowest BCUT2D eigenvalue weighted by Crippen LogP contribution is -2.31. The molecule has 0 aromatic heterocycles. The minimum Gasteiger partial charge on any atom is -0.462 e. The van der Waals surface area contributed by atoms with Crippen LogP contribution in [0.25, 0.3) is 0 Å². The van der Waals surface area contributed by atoms with Crippen LogP contribution >= 0.6 is 0 Å². The first-order chi connectivity index (χ1) is 36.1. The van der Waals surface area contributed by atoms with Gasteiger partial charge in [-0.15, -0.1) is 0 Å². The van der Waals surface area contributed by atoms with Crippen LogP contribution in [-0.2, 0) is 23.7 Å². The number of esters is 1. The minimum atomic E-state index is -0.128. The Morgan fingerprint density at radius 2 is 0.740 bits per heavy atom. The van der Waals surface area contributed by atoms with Gasteiger partial charge in [0, 0.05) is 6.42 Å². The molecule has 0 bridgehead atoms. The fourth-order valence-corrected chi connectivity index (χ4v) is 10.2. The van der Waals surface area contributed by atoms with Gasteiger partial charge in [0.15, 0.2) is 6.29 Å². The number of likely N-dealkylation sites (tertiary alicyclic amines) is 1. The first kappa shape index (κ1) is 69.3. The average molecular weight is 1020 g/mol. The molecule has 1 aliphatic rings. The second-order valence-corrected chi connectivity index (χ2v) is 22.1. The van der Waals surface area contributed by atoms with Gasteiger partial charge in [0.25, 0.3) is 0 Å². The van der Waals surface area contributed by atoms with E-state index in [0.29, 0.717) is 25.7 Å². The fraction of sp³-hybridized carbons (Fsp3) is 0.866. The van der Waals surface area contributed by atoms with Crippen molar-refractivity contribution in [3.05, 3.63) is 48.6 Å². The Hall–Kier alpha value is -1.73. The smallest absolute Gasteiger partial charge is 0.306 e. The summed E-state index contributed by atoms with van der Waals surface area (Å²) in [5.41, 5.74) is 0. The number of hydrogen-bond donors (Lipinski definition) is 0. The van der Waals surface area contributed by atoms with Crippen LogP contribution in [0.2, 0.25) is 0 Å². The van der Waals surface area contributed by atoms with Crippen LogP contribution in [0.3, 0.4) is 0 Å². The van der Waals surface area contributed by atoms with E-state index in [1.807, 2.05) is 0 Å². The van der Waals surface area contributed by atoms with Crippen LogP contribution in [0.5, 0.6) is 0 Å². The molecule has 1 rings (SSSR count). The van der Waals surface area contributed by atoms with Crippen molar-refractivity contribution in [2.45, 2.75) is 335 Å². The van der Waals surface area contributed by atoms with Crippen molar-refractivity contribution in [1.82, 2.24) is 4.90 Å². The van der Waals surface area contributed by atoms with E-state index in [9.17, 15) is 4.79 Å². The molecular formula is C67H125NO5.